The van der Waals surface area contributed by atoms with Gasteiger partial charge in [-0.1, -0.05) is 60.3 Å². The highest BCUT2D eigenvalue weighted by atomic mass is 32.2. The van der Waals surface area contributed by atoms with Crippen molar-refractivity contribution in [1.29, 1.82) is 0 Å². The maximum Gasteiger partial charge on any atom is 0.239 e. The van der Waals surface area contributed by atoms with Gasteiger partial charge in [0.05, 0.1) is 23.5 Å². The number of aromatic nitrogens is 1. The minimum Gasteiger partial charge on any atom is -0.286 e. The molecule has 140 valence electrons. The van der Waals surface area contributed by atoms with Crippen LogP contribution in [0.2, 0.25) is 0 Å². The summed E-state index contributed by atoms with van der Waals surface area (Å²) in [5.74, 6) is 0.580. The zero-order valence-electron chi connectivity index (χ0n) is 15.6. The number of hydrogen-bond donors (Lipinski definition) is 0. The third-order valence-electron chi connectivity index (χ3n) is 5.39. The average Bonchev–Trinajstić information content (AvgIpc) is 3.08. The van der Waals surface area contributed by atoms with Gasteiger partial charge in [0.25, 0.3) is 0 Å². The van der Waals surface area contributed by atoms with Crippen LogP contribution in [0.15, 0.2) is 59.6 Å². The summed E-state index contributed by atoms with van der Waals surface area (Å²) in [5.41, 5.74) is 5.56. The van der Waals surface area contributed by atoms with Crippen molar-refractivity contribution in [2.24, 2.45) is 4.99 Å². The van der Waals surface area contributed by atoms with E-state index in [1.165, 1.54) is 35.9 Å². The Labute approximate surface area is 168 Å². The van der Waals surface area contributed by atoms with E-state index in [1.54, 1.807) is 0 Å². The number of aryl methyl sites for hydroxylation is 1. The number of carbonyl (C=O) groups excluding carboxylic acids is 1. The summed E-state index contributed by atoms with van der Waals surface area (Å²) in [6.45, 7) is 0.566. The Bertz CT molecular complexity index is 1080. The van der Waals surface area contributed by atoms with Gasteiger partial charge in [-0.2, -0.15) is 0 Å². The summed E-state index contributed by atoms with van der Waals surface area (Å²) in [5, 5.41) is 1.88. The second-order valence-corrected chi connectivity index (χ2v) is 8.20. The van der Waals surface area contributed by atoms with E-state index in [0.717, 1.165) is 40.2 Å². The number of aliphatic imine (C=N–C) groups is 1. The first kappa shape index (κ1) is 17.4. The van der Waals surface area contributed by atoms with Crippen molar-refractivity contribution in [2.45, 2.75) is 32.2 Å². The summed E-state index contributed by atoms with van der Waals surface area (Å²) in [6, 6.07) is 18.3. The van der Waals surface area contributed by atoms with Crippen molar-refractivity contribution in [3.63, 3.8) is 0 Å². The van der Waals surface area contributed by atoms with E-state index in [1.807, 2.05) is 35.2 Å². The molecule has 0 saturated carbocycles. The first-order valence-electron chi connectivity index (χ1n) is 9.76. The molecule has 0 spiro atoms. The highest BCUT2D eigenvalue weighted by molar-refractivity contribution is 8.15. The van der Waals surface area contributed by atoms with Crippen molar-refractivity contribution in [1.82, 2.24) is 9.88 Å². The largest absolute Gasteiger partial charge is 0.286 e. The molecule has 1 fully saturated rings. The Morgan fingerprint density at radius 1 is 1.00 bits per heavy atom. The molecule has 2 aliphatic rings. The number of fused-ring (bicyclic) bond motifs is 2. The van der Waals surface area contributed by atoms with Crippen LogP contribution >= 0.6 is 11.8 Å². The van der Waals surface area contributed by atoms with E-state index in [-0.39, 0.29) is 5.91 Å². The lowest BCUT2D eigenvalue weighted by molar-refractivity contribution is -0.124. The lowest BCUT2D eigenvalue weighted by Gasteiger charge is -2.20. The monoisotopic (exact) mass is 387 g/mol. The molecule has 3 aromatic rings. The molecule has 1 amide bonds. The fourth-order valence-corrected chi connectivity index (χ4v) is 4.86. The predicted octanol–water partition coefficient (Wildman–Crippen LogP) is 4.88. The Hall–Kier alpha value is -2.66. The van der Waals surface area contributed by atoms with Gasteiger partial charge in [-0.3, -0.25) is 14.7 Å². The lowest BCUT2D eigenvalue weighted by Crippen LogP contribution is -2.28. The van der Waals surface area contributed by atoms with Gasteiger partial charge in [-0.05, 0) is 37.3 Å². The van der Waals surface area contributed by atoms with Crippen LogP contribution in [0, 0.1) is 0 Å². The number of amides is 1. The number of rotatable bonds is 3. The summed E-state index contributed by atoms with van der Waals surface area (Å²) < 4.78 is 0. The van der Waals surface area contributed by atoms with Crippen molar-refractivity contribution >= 4 is 39.4 Å². The highest BCUT2D eigenvalue weighted by Gasteiger charge is 2.29. The quantitative estimate of drug-likeness (QED) is 0.644. The number of thioether (sulfide) groups is 1. The molecular weight excluding hydrogens is 366 g/mol. The molecular formula is C23H21N3OS. The number of nitrogens with zero attached hydrogens (tertiary/aromatic N) is 3. The Balaban J connectivity index is 1.61. The molecule has 0 radical (unpaired) electrons. The van der Waals surface area contributed by atoms with Gasteiger partial charge >= 0.3 is 0 Å². The topological polar surface area (TPSA) is 45.6 Å². The molecule has 2 aromatic carbocycles. The number of hydrogen-bond acceptors (Lipinski definition) is 4. The first-order valence-corrected chi connectivity index (χ1v) is 10.7. The smallest absolute Gasteiger partial charge is 0.239 e. The zero-order valence-corrected chi connectivity index (χ0v) is 16.4. The van der Waals surface area contributed by atoms with Gasteiger partial charge in [0, 0.05) is 16.6 Å². The summed E-state index contributed by atoms with van der Waals surface area (Å²) in [7, 11) is 0. The van der Waals surface area contributed by atoms with Crippen molar-refractivity contribution in [3.8, 4) is 0 Å². The molecule has 5 heteroatoms. The molecule has 2 heterocycles. The maximum absolute atomic E-state index is 12.5. The highest BCUT2D eigenvalue weighted by Crippen LogP contribution is 2.37. The third-order valence-corrected chi connectivity index (χ3v) is 6.35. The van der Waals surface area contributed by atoms with E-state index in [4.69, 9.17) is 9.98 Å². The predicted molar refractivity (Wildman–Crippen MR) is 115 cm³/mol. The van der Waals surface area contributed by atoms with E-state index in [2.05, 4.69) is 24.3 Å². The van der Waals surface area contributed by atoms with Gasteiger partial charge in [0.1, 0.15) is 0 Å². The van der Waals surface area contributed by atoms with Gasteiger partial charge in [-0.25, -0.2) is 4.99 Å². The van der Waals surface area contributed by atoms with E-state index in [9.17, 15) is 4.79 Å². The molecule has 0 atom stereocenters. The zero-order chi connectivity index (χ0) is 18.9. The number of pyridine rings is 1. The number of para-hydroxylation sites is 1. The van der Waals surface area contributed by atoms with Crippen LogP contribution in [0.3, 0.4) is 0 Å². The summed E-state index contributed by atoms with van der Waals surface area (Å²) in [4.78, 5) is 24.3. The molecule has 0 unspecified atom stereocenters. The van der Waals surface area contributed by atoms with Gasteiger partial charge in [-0.15, -0.1) is 0 Å². The molecule has 0 bridgehead atoms. The number of carbonyl (C=O) groups is 1. The van der Waals surface area contributed by atoms with Gasteiger partial charge in [0.15, 0.2) is 5.17 Å². The van der Waals surface area contributed by atoms with Crippen LogP contribution < -0.4 is 0 Å². The fraction of sp³-hybridized carbons (Fsp3) is 0.261. The first-order chi connectivity index (χ1) is 13.8. The second-order valence-electron chi connectivity index (χ2n) is 7.26. The molecule has 4 nitrogen and oxygen atoms in total. The lowest BCUT2D eigenvalue weighted by atomic mass is 9.93. The van der Waals surface area contributed by atoms with Crippen LogP contribution in [0.25, 0.3) is 10.9 Å². The normalized spacial score (nSPS) is 18.1. The number of benzene rings is 2. The summed E-state index contributed by atoms with van der Waals surface area (Å²) in [6.07, 6.45) is 4.38. The molecule has 1 saturated heterocycles. The Kier molecular flexibility index (Phi) is 4.61. The van der Waals surface area contributed by atoms with Gasteiger partial charge < -0.3 is 0 Å². The molecule has 1 aromatic heterocycles. The van der Waals surface area contributed by atoms with Crippen molar-refractivity contribution < 1.29 is 4.79 Å². The Morgan fingerprint density at radius 3 is 2.68 bits per heavy atom. The van der Waals surface area contributed by atoms with Crippen LogP contribution in [-0.2, 0) is 24.2 Å². The fourth-order valence-electron chi connectivity index (χ4n) is 3.97. The number of amidine groups is 1. The van der Waals surface area contributed by atoms with Crippen LogP contribution in [0.1, 0.15) is 29.7 Å². The van der Waals surface area contributed by atoms with Crippen molar-refractivity contribution in [3.05, 3.63) is 71.4 Å². The molecule has 1 aliphatic carbocycles. The molecule has 0 N–H and O–H groups in total. The molecule has 28 heavy (non-hydrogen) atoms. The van der Waals surface area contributed by atoms with E-state index >= 15 is 0 Å². The van der Waals surface area contributed by atoms with E-state index in [0.29, 0.717) is 12.3 Å². The average molecular weight is 388 g/mol. The van der Waals surface area contributed by atoms with Crippen LogP contribution in [0.4, 0.5) is 5.69 Å². The van der Waals surface area contributed by atoms with Crippen molar-refractivity contribution in [2.75, 3.05) is 5.75 Å². The molecule has 1 aliphatic heterocycles. The molecule has 5 rings (SSSR count). The van der Waals surface area contributed by atoms with Crippen LogP contribution in [0.5, 0.6) is 0 Å². The second kappa shape index (κ2) is 7.40. The SMILES string of the molecule is O=C1CSC(=Nc2c3c(nc4ccccc24)CCCC3)N1Cc1ccccc1. The minimum absolute atomic E-state index is 0.125. The van der Waals surface area contributed by atoms with E-state index < -0.39 is 0 Å². The standard InChI is InChI=1S/C23H21N3OS/c27-21-15-28-23(26(21)14-16-8-2-1-3-9-16)25-22-17-10-4-6-12-19(17)24-20-13-7-5-11-18(20)22/h1-4,6,8-10,12H,5,7,11,13-15H2. The van der Waals surface area contributed by atoms with Gasteiger partial charge in [0.2, 0.25) is 5.91 Å². The van der Waals surface area contributed by atoms with Crippen LogP contribution in [-0.4, -0.2) is 26.7 Å². The maximum atomic E-state index is 12.5. The Morgan fingerprint density at radius 2 is 1.79 bits per heavy atom. The minimum atomic E-state index is 0.125. The third kappa shape index (κ3) is 3.20. The summed E-state index contributed by atoms with van der Waals surface area (Å²) >= 11 is 1.54.